The normalized spacial score (nSPS) is 16.2. The van der Waals surface area contributed by atoms with E-state index in [1.807, 2.05) is 42.5 Å². The van der Waals surface area contributed by atoms with Gasteiger partial charge in [0.1, 0.15) is 12.7 Å². The Morgan fingerprint density at radius 2 is 1.77 bits per heavy atom. The Labute approximate surface area is 178 Å². The van der Waals surface area contributed by atoms with E-state index in [2.05, 4.69) is 15.5 Å². The lowest BCUT2D eigenvalue weighted by atomic mass is 10.1. The molecule has 160 valence electrons. The predicted molar refractivity (Wildman–Crippen MR) is 107 cm³/mol. The number of ether oxygens (including phenoxy) is 4. The first-order valence-electron chi connectivity index (χ1n) is 10.1. The number of carbonyl (C=O) groups excluding carboxylic acids is 1. The maximum atomic E-state index is 12.2. The zero-order valence-electron chi connectivity index (χ0n) is 16.7. The molecule has 0 saturated heterocycles. The maximum Gasteiger partial charge on any atom is 0.231 e. The molecule has 0 unspecified atom stereocenters. The number of carbonyl (C=O) groups is 1. The minimum atomic E-state index is -0.226. The number of hydrogen-bond acceptors (Lipinski definition) is 8. The van der Waals surface area contributed by atoms with Crippen LogP contribution < -0.4 is 24.3 Å². The molecule has 3 aromatic rings. The number of aromatic nitrogens is 2. The second kappa shape index (κ2) is 8.55. The van der Waals surface area contributed by atoms with Crippen molar-refractivity contribution in [2.75, 3.05) is 19.9 Å². The van der Waals surface area contributed by atoms with Gasteiger partial charge in [0.15, 0.2) is 23.0 Å². The number of nitrogens with zero attached hydrogens (tertiary/aromatic N) is 2. The van der Waals surface area contributed by atoms with Crippen LogP contribution in [0.5, 0.6) is 23.0 Å². The van der Waals surface area contributed by atoms with Gasteiger partial charge in [-0.2, -0.15) is 0 Å². The monoisotopic (exact) mass is 423 g/mol. The lowest BCUT2D eigenvalue weighted by Gasteiger charge is -2.26. The molecule has 5 rings (SSSR count). The van der Waals surface area contributed by atoms with Crippen molar-refractivity contribution in [1.82, 2.24) is 15.5 Å². The number of benzene rings is 2. The van der Waals surface area contributed by atoms with E-state index in [1.165, 1.54) is 0 Å². The minimum absolute atomic E-state index is 0.113. The molecular formula is C22H21N3O6. The Hall–Kier alpha value is -3.75. The molecular weight excluding hydrogens is 402 g/mol. The van der Waals surface area contributed by atoms with Crippen LogP contribution in [0.3, 0.4) is 0 Å². The van der Waals surface area contributed by atoms with Gasteiger partial charge in [0, 0.05) is 12.8 Å². The summed E-state index contributed by atoms with van der Waals surface area (Å²) in [7, 11) is 0. The van der Waals surface area contributed by atoms with Crippen LogP contribution >= 0.6 is 0 Å². The number of amides is 1. The summed E-state index contributed by atoms with van der Waals surface area (Å²) in [5, 5.41) is 11.0. The van der Waals surface area contributed by atoms with Crippen molar-refractivity contribution in [3.63, 3.8) is 0 Å². The summed E-state index contributed by atoms with van der Waals surface area (Å²) < 4.78 is 27.8. The van der Waals surface area contributed by atoms with Crippen molar-refractivity contribution in [3.8, 4) is 23.0 Å². The summed E-state index contributed by atoms with van der Waals surface area (Å²) in [5.74, 6) is 3.66. The Kier molecular flexibility index (Phi) is 5.30. The van der Waals surface area contributed by atoms with Gasteiger partial charge in [-0.25, -0.2) is 0 Å². The van der Waals surface area contributed by atoms with E-state index in [0.717, 1.165) is 17.1 Å². The lowest BCUT2D eigenvalue weighted by Crippen LogP contribution is -2.40. The summed E-state index contributed by atoms with van der Waals surface area (Å²) >= 11 is 0. The predicted octanol–water partition coefficient (Wildman–Crippen LogP) is 2.28. The van der Waals surface area contributed by atoms with Crippen molar-refractivity contribution in [3.05, 3.63) is 59.8 Å². The van der Waals surface area contributed by atoms with E-state index in [9.17, 15) is 4.79 Å². The number of nitrogens with one attached hydrogen (secondary N) is 1. The van der Waals surface area contributed by atoms with Crippen LogP contribution in [-0.2, 0) is 17.6 Å². The zero-order valence-corrected chi connectivity index (χ0v) is 16.7. The molecule has 2 aliphatic rings. The smallest absolute Gasteiger partial charge is 0.231 e. The molecule has 0 saturated carbocycles. The molecule has 1 atom stereocenters. The SMILES string of the molecule is O=C(CCc1nnc(Cc2ccc3c(c2)OCO3)o1)NC[C@@H]1COc2ccccc2O1. The van der Waals surface area contributed by atoms with Crippen molar-refractivity contribution in [1.29, 1.82) is 0 Å². The van der Waals surface area contributed by atoms with E-state index >= 15 is 0 Å². The highest BCUT2D eigenvalue weighted by atomic mass is 16.7. The summed E-state index contributed by atoms with van der Waals surface area (Å²) in [5.41, 5.74) is 0.980. The van der Waals surface area contributed by atoms with E-state index < -0.39 is 0 Å². The third-order valence-electron chi connectivity index (χ3n) is 4.96. The molecule has 9 nitrogen and oxygen atoms in total. The average Bonchev–Trinajstić information content (AvgIpc) is 3.45. The van der Waals surface area contributed by atoms with Crippen molar-refractivity contribution in [2.45, 2.75) is 25.4 Å². The van der Waals surface area contributed by atoms with Gasteiger partial charge in [0.05, 0.1) is 13.0 Å². The van der Waals surface area contributed by atoms with E-state index in [-0.39, 0.29) is 25.2 Å². The highest BCUT2D eigenvalue weighted by Crippen LogP contribution is 2.33. The molecule has 9 heteroatoms. The van der Waals surface area contributed by atoms with Crippen LogP contribution in [0.1, 0.15) is 23.8 Å². The van der Waals surface area contributed by atoms with Gasteiger partial charge >= 0.3 is 0 Å². The topological polar surface area (TPSA) is 105 Å². The standard InChI is InChI=1S/C22H21N3O6/c26-20(23-11-15-12-27-16-3-1-2-4-18(16)30-15)7-8-21-24-25-22(31-21)10-14-5-6-17-19(9-14)29-13-28-17/h1-6,9,15H,7-8,10-13H2,(H,23,26)/t15-/m1/s1. The van der Waals surface area contributed by atoms with Gasteiger partial charge in [-0.3, -0.25) is 4.79 Å². The van der Waals surface area contributed by atoms with E-state index in [4.69, 9.17) is 23.4 Å². The molecule has 0 fully saturated rings. The third-order valence-corrected chi connectivity index (χ3v) is 4.96. The van der Waals surface area contributed by atoms with Crippen LogP contribution in [0.4, 0.5) is 0 Å². The van der Waals surface area contributed by atoms with E-state index in [0.29, 0.717) is 49.3 Å². The molecule has 2 aliphatic heterocycles. The summed E-state index contributed by atoms with van der Waals surface area (Å²) in [6, 6.07) is 13.2. The molecule has 0 spiro atoms. The van der Waals surface area contributed by atoms with Gasteiger partial charge < -0.3 is 28.7 Å². The van der Waals surface area contributed by atoms with Crippen LogP contribution in [-0.4, -0.2) is 42.2 Å². The van der Waals surface area contributed by atoms with Gasteiger partial charge in [-0.1, -0.05) is 18.2 Å². The fourth-order valence-electron chi connectivity index (χ4n) is 3.39. The van der Waals surface area contributed by atoms with Crippen molar-refractivity contribution >= 4 is 5.91 Å². The highest BCUT2D eigenvalue weighted by molar-refractivity contribution is 5.76. The Balaban J connectivity index is 1.07. The number of aryl methyl sites for hydroxylation is 1. The van der Waals surface area contributed by atoms with Gasteiger partial charge in [0.25, 0.3) is 0 Å². The number of rotatable bonds is 7. The Morgan fingerprint density at radius 3 is 2.71 bits per heavy atom. The summed E-state index contributed by atoms with van der Waals surface area (Å²) in [6.45, 7) is 0.995. The Bertz CT molecular complexity index is 1080. The third kappa shape index (κ3) is 4.55. The first-order chi connectivity index (χ1) is 15.2. The quantitative estimate of drug-likeness (QED) is 0.617. The molecule has 1 N–H and O–H groups in total. The zero-order chi connectivity index (χ0) is 21.0. The second-order valence-corrected chi connectivity index (χ2v) is 7.26. The van der Waals surface area contributed by atoms with Crippen molar-refractivity contribution < 1.29 is 28.2 Å². The first-order valence-corrected chi connectivity index (χ1v) is 10.1. The molecule has 31 heavy (non-hydrogen) atoms. The largest absolute Gasteiger partial charge is 0.486 e. The average molecular weight is 423 g/mol. The summed E-state index contributed by atoms with van der Waals surface area (Å²) in [4.78, 5) is 12.2. The molecule has 3 heterocycles. The van der Waals surface area contributed by atoms with Gasteiger partial charge in [0.2, 0.25) is 24.5 Å². The molecule has 2 aromatic carbocycles. The molecule has 1 amide bonds. The summed E-state index contributed by atoms with van der Waals surface area (Å²) in [6.07, 6.45) is 0.868. The minimum Gasteiger partial charge on any atom is -0.486 e. The van der Waals surface area contributed by atoms with Gasteiger partial charge in [-0.15, -0.1) is 10.2 Å². The fourth-order valence-corrected chi connectivity index (χ4v) is 3.39. The lowest BCUT2D eigenvalue weighted by molar-refractivity contribution is -0.121. The maximum absolute atomic E-state index is 12.2. The molecule has 0 aliphatic carbocycles. The fraction of sp³-hybridized carbons (Fsp3) is 0.318. The van der Waals surface area contributed by atoms with Crippen LogP contribution in [0.25, 0.3) is 0 Å². The number of fused-ring (bicyclic) bond motifs is 2. The molecule has 1 aromatic heterocycles. The Morgan fingerprint density at radius 1 is 0.968 bits per heavy atom. The number of para-hydroxylation sites is 2. The first kappa shape index (κ1) is 19.2. The van der Waals surface area contributed by atoms with Crippen LogP contribution in [0.15, 0.2) is 46.9 Å². The number of hydrogen-bond donors (Lipinski definition) is 1. The van der Waals surface area contributed by atoms with Gasteiger partial charge in [-0.05, 0) is 29.8 Å². The van der Waals surface area contributed by atoms with Crippen LogP contribution in [0.2, 0.25) is 0 Å². The molecule has 0 bridgehead atoms. The van der Waals surface area contributed by atoms with Crippen molar-refractivity contribution in [2.24, 2.45) is 0 Å². The van der Waals surface area contributed by atoms with Crippen LogP contribution in [0, 0.1) is 0 Å². The highest BCUT2D eigenvalue weighted by Gasteiger charge is 2.21. The second-order valence-electron chi connectivity index (χ2n) is 7.26. The molecule has 0 radical (unpaired) electrons. The van der Waals surface area contributed by atoms with E-state index in [1.54, 1.807) is 0 Å².